The number of nitrogens with zero attached hydrogens (tertiary/aromatic N) is 3. The number of aromatic nitrogens is 3. The number of furan rings is 1. The molecule has 0 aliphatic carbocycles. The van der Waals surface area contributed by atoms with Crippen LogP contribution in [0.4, 0.5) is 0 Å². The van der Waals surface area contributed by atoms with Gasteiger partial charge in [-0.05, 0) is 62.0 Å². The van der Waals surface area contributed by atoms with Gasteiger partial charge in [-0.2, -0.15) is 0 Å². The fourth-order valence-corrected chi connectivity index (χ4v) is 7.44. The van der Waals surface area contributed by atoms with Crippen LogP contribution in [0.3, 0.4) is 0 Å². The molecule has 0 unspecified atom stereocenters. The van der Waals surface area contributed by atoms with Gasteiger partial charge in [0.05, 0.1) is 0 Å². The van der Waals surface area contributed by atoms with Crippen molar-refractivity contribution in [2.75, 3.05) is 0 Å². The fraction of sp³-hybridized carbons (Fsp3) is 0. The topological polar surface area (TPSA) is 51.8 Å². The van der Waals surface area contributed by atoms with Crippen molar-refractivity contribution in [3.05, 3.63) is 176 Å². The Morgan fingerprint density at radius 3 is 1.53 bits per heavy atom. The van der Waals surface area contributed by atoms with Crippen molar-refractivity contribution in [1.82, 2.24) is 15.0 Å². The molecule has 4 nitrogen and oxygen atoms in total. The van der Waals surface area contributed by atoms with E-state index in [1.807, 2.05) is 60.7 Å². The highest BCUT2D eigenvalue weighted by molar-refractivity contribution is 6.22. The number of para-hydroxylation sites is 1. The van der Waals surface area contributed by atoms with Gasteiger partial charge in [-0.15, -0.1) is 0 Å². The summed E-state index contributed by atoms with van der Waals surface area (Å²) in [5.74, 6) is 1.83. The first-order valence-electron chi connectivity index (χ1n) is 17.1. The molecule has 0 amide bonds. The predicted molar refractivity (Wildman–Crippen MR) is 209 cm³/mol. The molecule has 10 aromatic rings. The highest BCUT2D eigenvalue weighted by Crippen LogP contribution is 2.45. The van der Waals surface area contributed by atoms with E-state index in [-0.39, 0.29) is 0 Å². The maximum absolute atomic E-state index is 6.26. The molecule has 0 radical (unpaired) electrons. The third kappa shape index (κ3) is 4.88. The Morgan fingerprint density at radius 2 is 0.824 bits per heavy atom. The van der Waals surface area contributed by atoms with Crippen LogP contribution in [0, 0.1) is 0 Å². The molecular formula is C47H29N3O. The molecule has 0 spiro atoms. The van der Waals surface area contributed by atoms with E-state index in [9.17, 15) is 0 Å². The first-order valence-corrected chi connectivity index (χ1v) is 17.1. The van der Waals surface area contributed by atoms with Crippen molar-refractivity contribution in [3.8, 4) is 56.4 Å². The molecule has 0 saturated heterocycles. The van der Waals surface area contributed by atoms with Crippen molar-refractivity contribution in [2.24, 2.45) is 0 Å². The maximum Gasteiger partial charge on any atom is 0.164 e. The van der Waals surface area contributed by atoms with E-state index in [4.69, 9.17) is 19.4 Å². The van der Waals surface area contributed by atoms with E-state index in [1.165, 1.54) is 32.8 Å². The molecule has 4 heteroatoms. The maximum atomic E-state index is 6.26. The second-order valence-electron chi connectivity index (χ2n) is 12.7. The van der Waals surface area contributed by atoms with Gasteiger partial charge in [-0.3, -0.25) is 0 Å². The molecule has 2 heterocycles. The zero-order valence-corrected chi connectivity index (χ0v) is 27.5. The standard InChI is InChI=1S/C47H29N3O/c1-4-15-30(16-5-1)42-36-22-11-10-21-34(36)35-28-27-33(29-39(35)43(42)31-17-6-2-7-18-31)46-48-45(32-19-8-3-9-20-32)49-47(50-46)38-24-14-26-41-44(38)37-23-12-13-25-40(37)51-41/h1-29H. The fourth-order valence-electron chi connectivity index (χ4n) is 7.44. The molecule has 8 aromatic carbocycles. The quantitative estimate of drug-likeness (QED) is 0.174. The summed E-state index contributed by atoms with van der Waals surface area (Å²) in [6, 6.07) is 61.1. The van der Waals surface area contributed by atoms with Crippen LogP contribution in [0.1, 0.15) is 0 Å². The lowest BCUT2D eigenvalue weighted by Crippen LogP contribution is -2.00. The van der Waals surface area contributed by atoms with Crippen molar-refractivity contribution in [2.45, 2.75) is 0 Å². The Kier molecular flexibility index (Phi) is 6.78. The molecule has 238 valence electrons. The van der Waals surface area contributed by atoms with Crippen molar-refractivity contribution >= 4 is 43.5 Å². The largest absolute Gasteiger partial charge is 0.456 e. The summed E-state index contributed by atoms with van der Waals surface area (Å²) in [6.07, 6.45) is 0. The number of rotatable bonds is 5. The van der Waals surface area contributed by atoms with Crippen LogP contribution in [0.25, 0.3) is 99.9 Å². The molecule has 0 atom stereocenters. The zero-order valence-electron chi connectivity index (χ0n) is 27.5. The molecule has 0 N–H and O–H groups in total. The van der Waals surface area contributed by atoms with Crippen LogP contribution in [-0.4, -0.2) is 15.0 Å². The molecule has 0 aliphatic rings. The molecular weight excluding hydrogens is 623 g/mol. The molecule has 51 heavy (non-hydrogen) atoms. The average molecular weight is 652 g/mol. The first kappa shape index (κ1) is 29.0. The van der Waals surface area contributed by atoms with Gasteiger partial charge in [0.1, 0.15) is 11.2 Å². The molecule has 0 aliphatic heterocycles. The number of hydrogen-bond acceptors (Lipinski definition) is 4. The minimum absolute atomic E-state index is 0.600. The van der Waals surface area contributed by atoms with Crippen LogP contribution in [-0.2, 0) is 0 Å². The van der Waals surface area contributed by atoms with Gasteiger partial charge in [-0.1, -0.05) is 158 Å². The number of benzene rings is 8. The molecule has 0 fully saturated rings. The minimum atomic E-state index is 0.600. The Morgan fingerprint density at radius 1 is 0.314 bits per heavy atom. The Bertz CT molecular complexity index is 2900. The van der Waals surface area contributed by atoms with Gasteiger partial charge < -0.3 is 4.42 Å². The van der Waals surface area contributed by atoms with E-state index in [0.29, 0.717) is 17.5 Å². The van der Waals surface area contributed by atoms with E-state index in [2.05, 4.69) is 115 Å². The molecule has 0 saturated carbocycles. The van der Waals surface area contributed by atoms with Crippen molar-refractivity contribution in [1.29, 1.82) is 0 Å². The van der Waals surface area contributed by atoms with Gasteiger partial charge in [-0.25, -0.2) is 15.0 Å². The first-order chi connectivity index (χ1) is 25.3. The van der Waals surface area contributed by atoms with Crippen LogP contribution in [0.15, 0.2) is 180 Å². The number of hydrogen-bond donors (Lipinski definition) is 0. The van der Waals surface area contributed by atoms with Crippen LogP contribution >= 0.6 is 0 Å². The summed E-state index contributed by atoms with van der Waals surface area (Å²) in [4.78, 5) is 15.5. The van der Waals surface area contributed by atoms with Crippen molar-refractivity contribution in [3.63, 3.8) is 0 Å². The van der Waals surface area contributed by atoms with E-state index >= 15 is 0 Å². The summed E-state index contributed by atoms with van der Waals surface area (Å²) in [6.45, 7) is 0. The van der Waals surface area contributed by atoms with E-state index in [0.717, 1.165) is 49.6 Å². The normalized spacial score (nSPS) is 11.5. The smallest absolute Gasteiger partial charge is 0.164 e. The third-order valence-electron chi connectivity index (χ3n) is 9.72. The molecule has 2 aromatic heterocycles. The van der Waals surface area contributed by atoms with Crippen LogP contribution in [0.2, 0.25) is 0 Å². The van der Waals surface area contributed by atoms with Gasteiger partial charge in [0, 0.05) is 27.5 Å². The van der Waals surface area contributed by atoms with E-state index < -0.39 is 0 Å². The van der Waals surface area contributed by atoms with Gasteiger partial charge in [0.15, 0.2) is 17.5 Å². The molecule has 0 bridgehead atoms. The lowest BCUT2D eigenvalue weighted by Gasteiger charge is -2.19. The lowest BCUT2D eigenvalue weighted by molar-refractivity contribution is 0.669. The van der Waals surface area contributed by atoms with Crippen molar-refractivity contribution < 1.29 is 4.42 Å². The summed E-state index contributed by atoms with van der Waals surface area (Å²) >= 11 is 0. The lowest BCUT2D eigenvalue weighted by atomic mass is 9.84. The highest BCUT2D eigenvalue weighted by Gasteiger charge is 2.21. The summed E-state index contributed by atoms with van der Waals surface area (Å²) in [7, 11) is 0. The predicted octanol–water partition coefficient (Wildman–Crippen LogP) is 12.4. The SMILES string of the molecule is c1ccc(-c2nc(-c3ccc4c(c3)c(-c3ccccc3)c(-c3ccccc3)c3ccccc34)nc(-c3cccc4oc5ccccc5c34)n2)cc1. The van der Waals surface area contributed by atoms with Gasteiger partial charge >= 0.3 is 0 Å². The minimum Gasteiger partial charge on any atom is -0.456 e. The molecule has 10 rings (SSSR count). The highest BCUT2D eigenvalue weighted by atomic mass is 16.3. The average Bonchev–Trinajstić information content (AvgIpc) is 3.60. The van der Waals surface area contributed by atoms with Gasteiger partial charge in [0.2, 0.25) is 0 Å². The summed E-state index contributed by atoms with van der Waals surface area (Å²) < 4.78 is 6.26. The zero-order chi connectivity index (χ0) is 33.7. The van der Waals surface area contributed by atoms with Crippen LogP contribution < -0.4 is 0 Å². The van der Waals surface area contributed by atoms with Crippen LogP contribution in [0.5, 0.6) is 0 Å². The third-order valence-corrected chi connectivity index (χ3v) is 9.72. The second kappa shape index (κ2) is 11.9. The second-order valence-corrected chi connectivity index (χ2v) is 12.7. The Hall–Kier alpha value is -6.91. The monoisotopic (exact) mass is 651 g/mol. The Labute approximate surface area is 294 Å². The Balaban J connectivity index is 1.28. The summed E-state index contributed by atoms with van der Waals surface area (Å²) in [5, 5.41) is 6.77. The van der Waals surface area contributed by atoms with E-state index in [1.54, 1.807) is 0 Å². The summed E-state index contributed by atoms with van der Waals surface area (Å²) in [5.41, 5.74) is 9.11. The van der Waals surface area contributed by atoms with Gasteiger partial charge in [0.25, 0.3) is 0 Å². The number of fused-ring (bicyclic) bond motifs is 6.